The van der Waals surface area contributed by atoms with Crippen LogP contribution in [0.2, 0.25) is 0 Å². The molecule has 4 rings (SSSR count). The first-order valence-electron chi connectivity index (χ1n) is 9.52. The summed E-state index contributed by atoms with van der Waals surface area (Å²) in [5, 5.41) is 11.0. The molecule has 0 radical (unpaired) electrons. The van der Waals surface area contributed by atoms with Gasteiger partial charge in [-0.3, -0.25) is 15.0 Å². The largest absolute Gasteiger partial charge is 0.461 e. The van der Waals surface area contributed by atoms with E-state index in [2.05, 4.69) is 15.5 Å². The zero-order valence-corrected chi connectivity index (χ0v) is 17.5. The van der Waals surface area contributed by atoms with Gasteiger partial charge in [0, 0.05) is 18.5 Å². The number of hydrogen-bond acceptors (Lipinski definition) is 6. The number of nitrogens with one attached hydrogen (secondary N) is 1. The number of benzene rings is 1. The van der Waals surface area contributed by atoms with Crippen molar-refractivity contribution in [2.75, 3.05) is 18.4 Å². The first kappa shape index (κ1) is 22.3. The van der Waals surface area contributed by atoms with E-state index in [4.69, 9.17) is 4.42 Å². The molecule has 170 valence electrons. The second-order valence-corrected chi connectivity index (χ2v) is 8.49. The van der Waals surface area contributed by atoms with Gasteiger partial charge in [-0.15, -0.1) is 10.2 Å². The van der Waals surface area contributed by atoms with Crippen molar-refractivity contribution in [3.8, 4) is 11.3 Å². The molecule has 3 aromatic rings. The fraction of sp³-hybridized carbons (Fsp3) is 0.350. The first-order valence-corrected chi connectivity index (χ1v) is 10.3. The molecule has 1 aliphatic heterocycles. The van der Waals surface area contributed by atoms with Crippen molar-refractivity contribution in [2.24, 2.45) is 0 Å². The Labute approximate surface area is 183 Å². The lowest BCUT2D eigenvalue weighted by molar-refractivity contribution is -0.137. The van der Waals surface area contributed by atoms with Gasteiger partial charge in [-0.1, -0.05) is 23.5 Å². The summed E-state index contributed by atoms with van der Waals surface area (Å²) in [5.74, 6) is -2.94. The maximum absolute atomic E-state index is 13.3. The molecule has 3 heterocycles. The molecule has 0 bridgehead atoms. The summed E-state index contributed by atoms with van der Waals surface area (Å²) in [4.78, 5) is 14.2. The molecular weight excluding hydrogens is 455 g/mol. The number of hydrogen-bond donors (Lipinski definition) is 1. The molecule has 32 heavy (non-hydrogen) atoms. The number of aryl methyl sites for hydroxylation is 1. The van der Waals surface area contributed by atoms with E-state index in [1.165, 1.54) is 25.1 Å². The average molecular weight is 472 g/mol. The molecule has 1 aromatic carbocycles. The number of alkyl halides is 5. The molecule has 12 heteroatoms. The summed E-state index contributed by atoms with van der Waals surface area (Å²) in [6.07, 6.45) is -4.71. The van der Waals surface area contributed by atoms with Crippen molar-refractivity contribution in [3.05, 3.63) is 52.2 Å². The van der Waals surface area contributed by atoms with E-state index in [0.717, 1.165) is 23.5 Å². The smallest absolute Gasteiger partial charge is 0.416 e. The summed E-state index contributed by atoms with van der Waals surface area (Å²) in [7, 11) is 0. The number of nitrogens with zero attached hydrogens (tertiary/aromatic N) is 3. The van der Waals surface area contributed by atoms with E-state index in [0.29, 0.717) is 5.01 Å². The summed E-state index contributed by atoms with van der Waals surface area (Å²) in [6, 6.07) is 5.96. The fourth-order valence-electron chi connectivity index (χ4n) is 3.36. The number of likely N-dealkylation sites (tertiary alicyclic amines) is 1. The Morgan fingerprint density at radius 2 is 2.06 bits per heavy atom. The normalized spacial score (nSPS) is 16.4. The zero-order valence-electron chi connectivity index (χ0n) is 16.7. The van der Waals surface area contributed by atoms with E-state index in [1.807, 2.05) is 0 Å². The predicted octanol–water partition coefficient (Wildman–Crippen LogP) is 5.22. The van der Waals surface area contributed by atoms with Crippen LogP contribution in [-0.4, -0.2) is 40.0 Å². The number of furan rings is 1. The van der Waals surface area contributed by atoms with Crippen LogP contribution in [-0.2, 0) is 12.7 Å². The molecule has 0 saturated carbocycles. The summed E-state index contributed by atoms with van der Waals surface area (Å²) >= 11 is 1.06. The molecule has 0 aliphatic carbocycles. The lowest BCUT2D eigenvalue weighted by Crippen LogP contribution is -2.24. The number of anilines is 1. The van der Waals surface area contributed by atoms with Gasteiger partial charge >= 0.3 is 6.18 Å². The standard InChI is InChI=1S/C20H17F5N4O2S/c1-11-14(8-15(31-11)12-3-2-4-13(7-12)20(23,24)25)17(30)26-18-28-27-16(32-18)9-29-6-5-19(21,22)10-29/h2-4,7-8H,5-6,9-10H2,1H3,(H,26,28,30). The predicted molar refractivity (Wildman–Crippen MR) is 107 cm³/mol. The Morgan fingerprint density at radius 3 is 2.75 bits per heavy atom. The summed E-state index contributed by atoms with van der Waals surface area (Å²) < 4.78 is 71.0. The Balaban J connectivity index is 1.45. The number of carbonyl (C=O) groups excluding carboxylic acids is 1. The van der Waals surface area contributed by atoms with Gasteiger partial charge in [0.05, 0.1) is 24.2 Å². The molecule has 0 spiro atoms. The quantitative estimate of drug-likeness (QED) is 0.516. The second-order valence-electron chi connectivity index (χ2n) is 7.43. The van der Waals surface area contributed by atoms with E-state index >= 15 is 0 Å². The van der Waals surface area contributed by atoms with Crippen molar-refractivity contribution >= 4 is 22.4 Å². The van der Waals surface area contributed by atoms with Crippen LogP contribution in [0.5, 0.6) is 0 Å². The van der Waals surface area contributed by atoms with Gasteiger partial charge in [0.25, 0.3) is 11.8 Å². The topological polar surface area (TPSA) is 71.3 Å². The molecular formula is C20H17F5N4O2S. The minimum absolute atomic E-state index is 0.117. The number of rotatable bonds is 5. The fourth-order valence-corrected chi connectivity index (χ4v) is 4.14. The number of carbonyl (C=O) groups is 1. The van der Waals surface area contributed by atoms with Crippen LogP contribution in [0.15, 0.2) is 34.7 Å². The minimum Gasteiger partial charge on any atom is -0.461 e. The Kier molecular flexibility index (Phi) is 5.76. The Hall–Kier alpha value is -2.86. The number of amides is 1. The lowest BCUT2D eigenvalue weighted by atomic mass is 10.1. The molecule has 0 atom stereocenters. The number of halogens is 5. The van der Waals surface area contributed by atoms with E-state index in [1.54, 1.807) is 4.90 Å². The van der Waals surface area contributed by atoms with Crippen molar-refractivity contribution in [1.29, 1.82) is 0 Å². The van der Waals surface area contributed by atoms with Gasteiger partial charge in [0.2, 0.25) is 5.13 Å². The second kappa shape index (κ2) is 8.24. The lowest BCUT2D eigenvalue weighted by Gasteiger charge is -2.12. The Morgan fingerprint density at radius 1 is 1.28 bits per heavy atom. The highest BCUT2D eigenvalue weighted by molar-refractivity contribution is 7.15. The Bertz CT molecular complexity index is 1140. The van der Waals surface area contributed by atoms with Crippen LogP contribution < -0.4 is 5.32 Å². The van der Waals surface area contributed by atoms with Crippen molar-refractivity contribution < 1.29 is 31.2 Å². The first-order chi connectivity index (χ1) is 15.0. The molecule has 1 saturated heterocycles. The van der Waals surface area contributed by atoms with Crippen LogP contribution >= 0.6 is 11.3 Å². The average Bonchev–Trinajstić information content (AvgIpc) is 3.40. The van der Waals surface area contributed by atoms with Crippen LogP contribution in [0.4, 0.5) is 27.1 Å². The maximum atomic E-state index is 13.3. The SMILES string of the molecule is Cc1oc(-c2cccc(C(F)(F)F)c2)cc1C(=O)Nc1nnc(CN2CCC(F)(F)C2)s1. The minimum atomic E-state index is -4.50. The molecule has 6 nitrogen and oxygen atoms in total. The molecule has 2 aromatic heterocycles. The maximum Gasteiger partial charge on any atom is 0.416 e. The van der Waals surface area contributed by atoms with Crippen LogP contribution in [0.25, 0.3) is 11.3 Å². The zero-order chi connectivity index (χ0) is 23.1. The molecule has 1 N–H and O–H groups in total. The third kappa shape index (κ3) is 4.96. The van der Waals surface area contributed by atoms with Crippen LogP contribution in [0.3, 0.4) is 0 Å². The van der Waals surface area contributed by atoms with Crippen LogP contribution in [0.1, 0.15) is 33.1 Å². The monoisotopic (exact) mass is 472 g/mol. The number of aromatic nitrogens is 2. The van der Waals surface area contributed by atoms with Gasteiger partial charge in [-0.2, -0.15) is 13.2 Å². The van der Waals surface area contributed by atoms with Gasteiger partial charge in [-0.25, -0.2) is 8.78 Å². The summed E-state index contributed by atoms with van der Waals surface area (Å²) in [6.45, 7) is 1.63. The van der Waals surface area contributed by atoms with Gasteiger partial charge in [0.15, 0.2) is 0 Å². The van der Waals surface area contributed by atoms with E-state index in [9.17, 15) is 26.7 Å². The third-order valence-corrected chi connectivity index (χ3v) is 5.76. The van der Waals surface area contributed by atoms with Crippen molar-refractivity contribution in [1.82, 2.24) is 15.1 Å². The highest BCUT2D eigenvalue weighted by atomic mass is 32.1. The van der Waals surface area contributed by atoms with Gasteiger partial charge in [-0.05, 0) is 25.1 Å². The molecule has 0 unspecified atom stereocenters. The summed E-state index contributed by atoms with van der Waals surface area (Å²) in [5.41, 5.74) is -0.511. The molecule has 1 amide bonds. The highest BCUT2D eigenvalue weighted by Gasteiger charge is 2.38. The van der Waals surface area contributed by atoms with E-state index < -0.39 is 23.6 Å². The van der Waals surface area contributed by atoms with Crippen molar-refractivity contribution in [2.45, 2.75) is 32.0 Å². The van der Waals surface area contributed by atoms with Crippen molar-refractivity contribution in [3.63, 3.8) is 0 Å². The highest BCUT2D eigenvalue weighted by Crippen LogP contribution is 2.34. The molecule has 1 aliphatic rings. The van der Waals surface area contributed by atoms with E-state index in [-0.39, 0.29) is 53.8 Å². The third-order valence-electron chi connectivity index (χ3n) is 4.93. The molecule has 1 fully saturated rings. The van der Waals surface area contributed by atoms with Gasteiger partial charge < -0.3 is 4.42 Å². The van der Waals surface area contributed by atoms with Gasteiger partial charge in [0.1, 0.15) is 16.5 Å². The van der Waals surface area contributed by atoms with Crippen LogP contribution in [0, 0.1) is 6.92 Å².